The van der Waals surface area contributed by atoms with Crippen LogP contribution in [0.3, 0.4) is 0 Å². The summed E-state index contributed by atoms with van der Waals surface area (Å²) < 4.78 is 31.0. The zero-order chi connectivity index (χ0) is 13.9. The minimum Gasteiger partial charge on any atom is -0.492 e. The van der Waals surface area contributed by atoms with Crippen LogP contribution in [0.5, 0.6) is 17.4 Å². The van der Waals surface area contributed by atoms with E-state index in [0.29, 0.717) is 24.0 Å². The highest BCUT2D eigenvalue weighted by atomic mass is 32.2. The Bertz CT molecular complexity index is 636. The number of nitrogens with zero attached hydrogens (tertiary/aromatic N) is 2. The van der Waals surface area contributed by atoms with Gasteiger partial charge >= 0.3 is 0 Å². The molecule has 0 aliphatic carbocycles. The number of rotatable bonds is 4. The SMILES string of the molecule is O=S(O)CC1COc2cc(Oc3ccncn3)ccc21. The molecule has 2 unspecified atom stereocenters. The monoisotopic (exact) mass is 292 g/mol. The Balaban J connectivity index is 1.79. The number of aromatic nitrogens is 2. The molecule has 7 heteroatoms. The largest absolute Gasteiger partial charge is 0.492 e. The van der Waals surface area contributed by atoms with E-state index in [1.165, 1.54) is 6.33 Å². The van der Waals surface area contributed by atoms with Gasteiger partial charge in [-0.3, -0.25) is 0 Å². The van der Waals surface area contributed by atoms with Crippen LogP contribution >= 0.6 is 0 Å². The molecular weight excluding hydrogens is 280 g/mol. The maximum atomic E-state index is 10.9. The summed E-state index contributed by atoms with van der Waals surface area (Å²) in [5.41, 5.74) is 0.933. The van der Waals surface area contributed by atoms with Gasteiger partial charge in [-0.2, -0.15) is 0 Å². The van der Waals surface area contributed by atoms with Crippen LogP contribution in [-0.2, 0) is 11.1 Å². The van der Waals surface area contributed by atoms with Crippen molar-refractivity contribution in [2.45, 2.75) is 5.92 Å². The summed E-state index contributed by atoms with van der Waals surface area (Å²) in [5.74, 6) is 1.87. The lowest BCUT2D eigenvalue weighted by Gasteiger charge is -2.07. The van der Waals surface area contributed by atoms with Gasteiger partial charge in [0.05, 0.1) is 12.4 Å². The Morgan fingerprint density at radius 2 is 2.35 bits per heavy atom. The molecule has 1 aliphatic heterocycles. The van der Waals surface area contributed by atoms with Gasteiger partial charge in [-0.05, 0) is 6.07 Å². The van der Waals surface area contributed by atoms with E-state index in [2.05, 4.69) is 9.97 Å². The van der Waals surface area contributed by atoms with Gasteiger partial charge < -0.3 is 14.0 Å². The topological polar surface area (TPSA) is 81.5 Å². The van der Waals surface area contributed by atoms with Crippen LogP contribution in [0, 0.1) is 0 Å². The first-order valence-corrected chi connectivity index (χ1v) is 7.28. The molecule has 2 heterocycles. The average Bonchev–Trinajstić information content (AvgIpc) is 2.82. The van der Waals surface area contributed by atoms with E-state index in [0.717, 1.165) is 5.56 Å². The summed E-state index contributed by atoms with van der Waals surface area (Å²) in [6, 6.07) is 7.07. The summed E-state index contributed by atoms with van der Waals surface area (Å²) in [4.78, 5) is 7.79. The molecule has 0 fully saturated rings. The number of fused-ring (bicyclic) bond motifs is 1. The zero-order valence-electron chi connectivity index (χ0n) is 10.4. The van der Waals surface area contributed by atoms with Gasteiger partial charge in [0.25, 0.3) is 0 Å². The van der Waals surface area contributed by atoms with Gasteiger partial charge in [-0.1, -0.05) is 6.07 Å². The number of benzene rings is 1. The van der Waals surface area contributed by atoms with Crippen LogP contribution in [-0.4, -0.2) is 31.1 Å². The zero-order valence-corrected chi connectivity index (χ0v) is 11.2. The van der Waals surface area contributed by atoms with Crippen LogP contribution in [0.4, 0.5) is 0 Å². The third-order valence-corrected chi connectivity index (χ3v) is 3.67. The molecule has 0 bridgehead atoms. The van der Waals surface area contributed by atoms with Gasteiger partial charge in [-0.25, -0.2) is 14.2 Å². The van der Waals surface area contributed by atoms with Crippen LogP contribution in [0.15, 0.2) is 36.8 Å². The lowest BCUT2D eigenvalue weighted by atomic mass is 10.0. The van der Waals surface area contributed by atoms with Crippen molar-refractivity contribution in [2.75, 3.05) is 12.4 Å². The first kappa shape index (κ1) is 13.0. The molecule has 1 N–H and O–H groups in total. The van der Waals surface area contributed by atoms with Crippen molar-refractivity contribution >= 4 is 11.1 Å². The maximum Gasteiger partial charge on any atom is 0.222 e. The van der Waals surface area contributed by atoms with Gasteiger partial charge in [0.1, 0.15) is 17.8 Å². The number of hydrogen-bond donors (Lipinski definition) is 1. The third-order valence-electron chi connectivity index (χ3n) is 2.99. The summed E-state index contributed by atoms with van der Waals surface area (Å²) in [6.07, 6.45) is 3.00. The molecule has 0 saturated heterocycles. The summed E-state index contributed by atoms with van der Waals surface area (Å²) in [6.45, 7) is 0.415. The summed E-state index contributed by atoms with van der Waals surface area (Å²) in [5, 5.41) is 0. The van der Waals surface area contributed by atoms with Crippen LogP contribution < -0.4 is 9.47 Å². The molecule has 1 aliphatic rings. The highest BCUT2D eigenvalue weighted by molar-refractivity contribution is 7.79. The molecule has 6 nitrogen and oxygen atoms in total. The predicted molar refractivity (Wildman–Crippen MR) is 72.4 cm³/mol. The number of ether oxygens (including phenoxy) is 2. The van der Waals surface area contributed by atoms with E-state index in [-0.39, 0.29) is 11.7 Å². The lowest BCUT2D eigenvalue weighted by molar-refractivity contribution is 0.335. The molecule has 2 atom stereocenters. The fourth-order valence-corrected chi connectivity index (χ4v) is 2.71. The second-order valence-electron chi connectivity index (χ2n) is 4.35. The number of hydrogen-bond acceptors (Lipinski definition) is 5. The Morgan fingerprint density at radius 3 is 3.10 bits per heavy atom. The third kappa shape index (κ3) is 2.78. The summed E-state index contributed by atoms with van der Waals surface area (Å²) >= 11 is -1.83. The van der Waals surface area contributed by atoms with Gasteiger partial charge in [0, 0.05) is 29.8 Å². The van der Waals surface area contributed by atoms with E-state index in [1.807, 2.05) is 6.07 Å². The van der Waals surface area contributed by atoms with Gasteiger partial charge in [0.15, 0.2) is 11.1 Å². The van der Waals surface area contributed by atoms with E-state index in [9.17, 15) is 4.21 Å². The highest BCUT2D eigenvalue weighted by Crippen LogP contribution is 2.37. The van der Waals surface area contributed by atoms with Crippen molar-refractivity contribution in [1.82, 2.24) is 9.97 Å². The first-order valence-electron chi connectivity index (χ1n) is 6.00. The maximum absolute atomic E-state index is 10.9. The van der Waals surface area contributed by atoms with Crippen molar-refractivity contribution in [2.24, 2.45) is 0 Å². The fraction of sp³-hybridized carbons (Fsp3) is 0.231. The quantitative estimate of drug-likeness (QED) is 0.868. The minimum atomic E-state index is -1.83. The first-order chi connectivity index (χ1) is 9.72. The average molecular weight is 292 g/mol. The van der Waals surface area contributed by atoms with Crippen molar-refractivity contribution in [3.8, 4) is 17.4 Å². The molecular formula is C13H12N2O4S. The molecule has 1 aromatic carbocycles. The van der Waals surface area contributed by atoms with E-state index < -0.39 is 11.1 Å². The minimum absolute atomic E-state index is 0.0519. The van der Waals surface area contributed by atoms with Crippen molar-refractivity contribution in [3.05, 3.63) is 42.4 Å². The molecule has 0 spiro atoms. The lowest BCUT2D eigenvalue weighted by Crippen LogP contribution is -2.10. The Labute approximate surface area is 118 Å². The van der Waals surface area contributed by atoms with Crippen LogP contribution in [0.1, 0.15) is 11.5 Å². The Kier molecular flexibility index (Phi) is 3.62. The standard InChI is InChI=1S/C13H12N2O4S/c16-20(17)7-9-6-18-12-5-10(1-2-11(9)12)19-13-3-4-14-8-15-13/h1-5,8-9H,6-7H2,(H,16,17). The second-order valence-corrected chi connectivity index (χ2v) is 5.32. The Hall–Kier alpha value is -1.99. The molecule has 2 aromatic rings. The molecule has 20 heavy (non-hydrogen) atoms. The summed E-state index contributed by atoms with van der Waals surface area (Å²) in [7, 11) is 0. The molecule has 0 radical (unpaired) electrons. The van der Waals surface area contributed by atoms with E-state index in [4.69, 9.17) is 14.0 Å². The highest BCUT2D eigenvalue weighted by Gasteiger charge is 2.26. The van der Waals surface area contributed by atoms with Crippen molar-refractivity contribution in [3.63, 3.8) is 0 Å². The molecule has 104 valence electrons. The smallest absolute Gasteiger partial charge is 0.222 e. The Morgan fingerprint density at radius 1 is 1.45 bits per heavy atom. The molecule has 1 aromatic heterocycles. The van der Waals surface area contributed by atoms with Crippen molar-refractivity contribution in [1.29, 1.82) is 0 Å². The van der Waals surface area contributed by atoms with Crippen molar-refractivity contribution < 1.29 is 18.2 Å². The molecule has 0 saturated carbocycles. The van der Waals surface area contributed by atoms with E-state index >= 15 is 0 Å². The molecule has 3 rings (SSSR count). The van der Waals surface area contributed by atoms with E-state index in [1.54, 1.807) is 24.4 Å². The molecule has 0 amide bonds. The predicted octanol–water partition coefficient (Wildman–Crippen LogP) is 1.97. The normalized spacial score (nSPS) is 18.1. The second kappa shape index (κ2) is 5.56. The van der Waals surface area contributed by atoms with Crippen LogP contribution in [0.25, 0.3) is 0 Å². The fourth-order valence-electron chi connectivity index (χ4n) is 2.09. The van der Waals surface area contributed by atoms with Gasteiger partial charge in [0.2, 0.25) is 5.88 Å². The van der Waals surface area contributed by atoms with Crippen LogP contribution in [0.2, 0.25) is 0 Å². The van der Waals surface area contributed by atoms with Gasteiger partial charge in [-0.15, -0.1) is 0 Å².